The van der Waals surface area contributed by atoms with Gasteiger partial charge in [0.25, 0.3) is 5.91 Å². The summed E-state index contributed by atoms with van der Waals surface area (Å²) in [6.07, 6.45) is 6.84. The molecule has 0 aliphatic heterocycles. The average molecular weight is 264 g/mol. The van der Waals surface area contributed by atoms with Crippen LogP contribution < -0.4 is 16.4 Å². The summed E-state index contributed by atoms with van der Waals surface area (Å²) in [5, 5.41) is 14.1. The minimum absolute atomic E-state index is 0.0944. The summed E-state index contributed by atoms with van der Waals surface area (Å²) < 4.78 is 0. The minimum atomic E-state index is -0.958. The SMILES string of the molecule is CC(NC1CCCCCC1)=C(C#N)C(=O)NC(N)=O. The molecule has 0 aromatic heterocycles. The van der Waals surface area contributed by atoms with Gasteiger partial charge in [-0.3, -0.25) is 10.1 Å². The second-order valence-electron chi connectivity index (χ2n) is 4.76. The number of amides is 3. The van der Waals surface area contributed by atoms with Crippen LogP contribution in [-0.4, -0.2) is 18.0 Å². The Bertz CT molecular complexity index is 415. The van der Waals surface area contributed by atoms with Crippen LogP contribution in [0.25, 0.3) is 0 Å². The number of carbonyl (C=O) groups is 2. The molecule has 0 bridgehead atoms. The van der Waals surface area contributed by atoms with Gasteiger partial charge in [0.15, 0.2) is 0 Å². The lowest BCUT2D eigenvalue weighted by atomic mass is 10.1. The summed E-state index contributed by atoms with van der Waals surface area (Å²) >= 11 is 0. The highest BCUT2D eigenvalue weighted by Gasteiger charge is 2.17. The number of hydrogen-bond donors (Lipinski definition) is 3. The molecule has 1 aliphatic carbocycles. The van der Waals surface area contributed by atoms with Crippen LogP contribution in [0.5, 0.6) is 0 Å². The van der Waals surface area contributed by atoms with Crippen LogP contribution in [0, 0.1) is 11.3 Å². The van der Waals surface area contributed by atoms with E-state index in [9.17, 15) is 9.59 Å². The normalized spacial score (nSPS) is 17.7. The fourth-order valence-corrected chi connectivity index (χ4v) is 2.28. The van der Waals surface area contributed by atoms with Gasteiger partial charge in [-0.2, -0.15) is 5.26 Å². The van der Waals surface area contributed by atoms with Crippen LogP contribution in [0.1, 0.15) is 45.4 Å². The van der Waals surface area contributed by atoms with Crippen LogP contribution in [0.2, 0.25) is 0 Å². The molecular formula is C13H20N4O2. The second kappa shape index (κ2) is 7.41. The molecular weight excluding hydrogens is 244 g/mol. The van der Waals surface area contributed by atoms with Gasteiger partial charge < -0.3 is 11.1 Å². The molecule has 104 valence electrons. The summed E-state index contributed by atoms with van der Waals surface area (Å²) in [5.41, 5.74) is 5.27. The van der Waals surface area contributed by atoms with E-state index in [0.29, 0.717) is 5.70 Å². The molecule has 0 aromatic carbocycles. The van der Waals surface area contributed by atoms with Crippen molar-refractivity contribution >= 4 is 11.9 Å². The van der Waals surface area contributed by atoms with Crippen molar-refractivity contribution in [3.8, 4) is 6.07 Å². The Morgan fingerprint density at radius 2 is 1.79 bits per heavy atom. The highest BCUT2D eigenvalue weighted by molar-refractivity contribution is 6.06. The van der Waals surface area contributed by atoms with E-state index in [-0.39, 0.29) is 11.6 Å². The van der Waals surface area contributed by atoms with E-state index in [1.165, 1.54) is 12.8 Å². The first-order valence-electron chi connectivity index (χ1n) is 6.53. The van der Waals surface area contributed by atoms with Crippen molar-refractivity contribution in [2.45, 2.75) is 51.5 Å². The first-order chi connectivity index (χ1) is 9.04. The highest BCUT2D eigenvalue weighted by atomic mass is 16.2. The number of primary amides is 1. The minimum Gasteiger partial charge on any atom is -0.385 e. The van der Waals surface area contributed by atoms with Crippen molar-refractivity contribution in [2.24, 2.45) is 5.73 Å². The van der Waals surface area contributed by atoms with E-state index in [4.69, 9.17) is 11.0 Å². The van der Waals surface area contributed by atoms with Crippen LogP contribution in [0.4, 0.5) is 4.79 Å². The second-order valence-corrected chi connectivity index (χ2v) is 4.76. The van der Waals surface area contributed by atoms with E-state index in [2.05, 4.69) is 5.32 Å². The van der Waals surface area contributed by atoms with Crippen LogP contribution >= 0.6 is 0 Å². The molecule has 0 spiro atoms. The summed E-state index contributed by atoms with van der Waals surface area (Å²) in [6, 6.07) is 1.14. The fraction of sp³-hybridized carbons (Fsp3) is 0.615. The number of allylic oxidation sites excluding steroid dienone is 1. The topological polar surface area (TPSA) is 108 Å². The van der Waals surface area contributed by atoms with Crippen molar-refractivity contribution in [2.75, 3.05) is 0 Å². The number of rotatable bonds is 3. The summed E-state index contributed by atoms with van der Waals surface area (Å²) in [5.74, 6) is -0.756. The molecule has 0 heterocycles. The van der Waals surface area contributed by atoms with E-state index < -0.39 is 11.9 Å². The van der Waals surface area contributed by atoms with Crippen molar-refractivity contribution < 1.29 is 9.59 Å². The Labute approximate surface area is 113 Å². The van der Waals surface area contributed by atoms with Gasteiger partial charge in [-0.15, -0.1) is 0 Å². The molecule has 4 N–H and O–H groups in total. The van der Waals surface area contributed by atoms with Crippen molar-refractivity contribution in [3.63, 3.8) is 0 Å². The van der Waals surface area contributed by atoms with E-state index >= 15 is 0 Å². The van der Waals surface area contributed by atoms with Gasteiger partial charge >= 0.3 is 6.03 Å². The Balaban J connectivity index is 2.71. The monoisotopic (exact) mass is 264 g/mol. The summed E-state index contributed by atoms with van der Waals surface area (Å²) in [7, 11) is 0. The molecule has 0 aromatic rings. The fourth-order valence-electron chi connectivity index (χ4n) is 2.28. The first-order valence-corrected chi connectivity index (χ1v) is 6.53. The Morgan fingerprint density at radius 3 is 2.26 bits per heavy atom. The van der Waals surface area contributed by atoms with Gasteiger partial charge in [-0.05, 0) is 19.8 Å². The van der Waals surface area contributed by atoms with Gasteiger partial charge in [0, 0.05) is 11.7 Å². The maximum atomic E-state index is 11.6. The van der Waals surface area contributed by atoms with Gasteiger partial charge in [-0.25, -0.2) is 4.79 Å². The average Bonchev–Trinajstić information content (AvgIpc) is 2.57. The van der Waals surface area contributed by atoms with Crippen molar-refractivity contribution in [1.82, 2.24) is 10.6 Å². The Kier molecular flexibility index (Phi) is 5.86. The maximum Gasteiger partial charge on any atom is 0.319 e. The number of hydrogen-bond acceptors (Lipinski definition) is 4. The van der Waals surface area contributed by atoms with E-state index in [1.54, 1.807) is 6.92 Å². The molecule has 1 aliphatic rings. The number of nitrogens with two attached hydrogens (primary N) is 1. The standard InChI is InChI=1S/C13H20N4O2/c1-9(11(8-14)12(18)17-13(15)19)16-10-6-4-2-3-5-7-10/h10,16H,2-7H2,1H3,(H3,15,17,18,19). The van der Waals surface area contributed by atoms with Crippen LogP contribution in [0.3, 0.4) is 0 Å². The number of nitrogens with zero attached hydrogens (tertiary/aromatic N) is 1. The van der Waals surface area contributed by atoms with Gasteiger partial charge in [-0.1, -0.05) is 25.7 Å². The number of nitrogens with one attached hydrogen (secondary N) is 2. The molecule has 3 amide bonds. The van der Waals surface area contributed by atoms with E-state index in [0.717, 1.165) is 25.7 Å². The van der Waals surface area contributed by atoms with Crippen LogP contribution in [-0.2, 0) is 4.79 Å². The van der Waals surface area contributed by atoms with Gasteiger partial charge in [0.2, 0.25) is 0 Å². The molecule has 0 atom stereocenters. The largest absolute Gasteiger partial charge is 0.385 e. The zero-order valence-electron chi connectivity index (χ0n) is 11.2. The zero-order valence-corrected chi connectivity index (χ0v) is 11.2. The van der Waals surface area contributed by atoms with Gasteiger partial charge in [0.1, 0.15) is 11.6 Å². The molecule has 1 rings (SSSR count). The number of imide groups is 1. The molecule has 0 unspecified atom stereocenters. The third kappa shape index (κ3) is 5.00. The molecule has 0 saturated heterocycles. The van der Waals surface area contributed by atoms with Crippen LogP contribution in [0.15, 0.2) is 11.3 Å². The molecule has 1 saturated carbocycles. The maximum absolute atomic E-state index is 11.6. The third-order valence-corrected chi connectivity index (χ3v) is 3.23. The number of urea groups is 1. The number of carbonyl (C=O) groups excluding carboxylic acids is 2. The lowest BCUT2D eigenvalue weighted by Gasteiger charge is -2.18. The molecule has 1 fully saturated rings. The predicted octanol–water partition coefficient (Wildman–Crippen LogP) is 1.29. The quantitative estimate of drug-likeness (QED) is 0.405. The van der Waals surface area contributed by atoms with Crippen molar-refractivity contribution in [3.05, 3.63) is 11.3 Å². The number of nitriles is 1. The van der Waals surface area contributed by atoms with E-state index in [1.807, 2.05) is 11.4 Å². The van der Waals surface area contributed by atoms with Crippen molar-refractivity contribution in [1.29, 1.82) is 5.26 Å². The lowest BCUT2D eigenvalue weighted by Crippen LogP contribution is -2.37. The Hall–Kier alpha value is -2.03. The first kappa shape index (κ1) is 15.0. The molecule has 6 heteroatoms. The molecule has 6 nitrogen and oxygen atoms in total. The third-order valence-electron chi connectivity index (χ3n) is 3.23. The van der Waals surface area contributed by atoms with Gasteiger partial charge in [0.05, 0.1) is 0 Å². The lowest BCUT2D eigenvalue weighted by molar-refractivity contribution is -0.116. The Morgan fingerprint density at radius 1 is 1.21 bits per heavy atom. The summed E-state index contributed by atoms with van der Waals surface area (Å²) in [6.45, 7) is 1.67. The molecule has 0 radical (unpaired) electrons. The summed E-state index contributed by atoms with van der Waals surface area (Å²) in [4.78, 5) is 22.2. The predicted molar refractivity (Wildman–Crippen MR) is 70.7 cm³/mol. The highest BCUT2D eigenvalue weighted by Crippen LogP contribution is 2.18. The smallest absolute Gasteiger partial charge is 0.319 e. The molecule has 19 heavy (non-hydrogen) atoms. The zero-order chi connectivity index (χ0) is 14.3.